The minimum atomic E-state index is -0.120. The summed E-state index contributed by atoms with van der Waals surface area (Å²) in [7, 11) is 0. The normalized spacial score (nSPS) is 10.4. The molecular formula is C14H17N3OS. The minimum Gasteiger partial charge on any atom is -0.356 e. The summed E-state index contributed by atoms with van der Waals surface area (Å²) in [5.74, 6) is 1.22. The second-order valence-electron chi connectivity index (χ2n) is 4.22. The van der Waals surface area contributed by atoms with Gasteiger partial charge in [-0.05, 0) is 26.0 Å². The summed E-state index contributed by atoms with van der Waals surface area (Å²) in [4.78, 5) is 19.7. The molecule has 0 aliphatic rings. The Morgan fingerprint density at radius 3 is 2.74 bits per heavy atom. The Hall–Kier alpha value is -1.75. The van der Waals surface area contributed by atoms with Gasteiger partial charge in [0, 0.05) is 23.3 Å². The molecule has 1 aromatic heterocycles. The average Bonchev–Trinajstić information content (AvgIpc) is 2.38. The molecule has 0 spiro atoms. The summed E-state index contributed by atoms with van der Waals surface area (Å²) in [6.07, 6.45) is 0. The topological polar surface area (TPSA) is 57.8 Å². The summed E-state index contributed by atoms with van der Waals surface area (Å²) in [5.41, 5.74) is 1.91. The fraction of sp³-hybridized carbons (Fsp3) is 0.286. The number of H-pyrrole nitrogens is 1. The number of benzene rings is 1. The van der Waals surface area contributed by atoms with Crippen molar-refractivity contribution in [3.05, 3.63) is 51.9 Å². The van der Waals surface area contributed by atoms with Crippen LogP contribution < -0.4 is 10.9 Å². The number of thioether (sulfide) groups is 1. The van der Waals surface area contributed by atoms with Crippen LogP contribution in [0.3, 0.4) is 0 Å². The SMILES string of the molecule is CCNc1nc(CSc2ccc(C)cc2)cc(=O)[nH]1. The molecule has 5 heteroatoms. The molecule has 0 fully saturated rings. The van der Waals surface area contributed by atoms with E-state index in [-0.39, 0.29) is 5.56 Å². The van der Waals surface area contributed by atoms with Gasteiger partial charge in [0.05, 0.1) is 5.69 Å². The van der Waals surface area contributed by atoms with E-state index in [1.54, 1.807) is 17.8 Å². The zero-order valence-corrected chi connectivity index (χ0v) is 11.9. The van der Waals surface area contributed by atoms with Gasteiger partial charge in [-0.3, -0.25) is 9.78 Å². The van der Waals surface area contributed by atoms with Gasteiger partial charge in [0.2, 0.25) is 5.95 Å². The molecule has 1 heterocycles. The third-order valence-electron chi connectivity index (χ3n) is 2.55. The number of hydrogen-bond donors (Lipinski definition) is 2. The van der Waals surface area contributed by atoms with E-state index in [1.165, 1.54) is 10.5 Å². The van der Waals surface area contributed by atoms with E-state index in [0.29, 0.717) is 11.7 Å². The summed E-state index contributed by atoms with van der Waals surface area (Å²) >= 11 is 1.67. The molecule has 0 radical (unpaired) electrons. The average molecular weight is 275 g/mol. The van der Waals surface area contributed by atoms with Crippen LogP contribution in [0.25, 0.3) is 0 Å². The lowest BCUT2D eigenvalue weighted by Gasteiger charge is -2.05. The second kappa shape index (κ2) is 6.43. The van der Waals surface area contributed by atoms with Crippen LogP contribution in [0.2, 0.25) is 0 Å². The van der Waals surface area contributed by atoms with Crippen molar-refractivity contribution in [1.82, 2.24) is 9.97 Å². The van der Waals surface area contributed by atoms with Crippen LogP contribution in [-0.2, 0) is 5.75 Å². The van der Waals surface area contributed by atoms with Crippen LogP contribution in [0.1, 0.15) is 18.2 Å². The zero-order chi connectivity index (χ0) is 13.7. The third-order valence-corrected chi connectivity index (χ3v) is 3.59. The van der Waals surface area contributed by atoms with Crippen LogP contribution in [0.5, 0.6) is 0 Å². The molecule has 0 amide bonds. The number of nitrogens with zero attached hydrogens (tertiary/aromatic N) is 1. The van der Waals surface area contributed by atoms with Crippen LogP contribution in [0, 0.1) is 6.92 Å². The Morgan fingerprint density at radius 1 is 1.32 bits per heavy atom. The van der Waals surface area contributed by atoms with Gasteiger partial charge in [-0.25, -0.2) is 4.98 Å². The molecule has 0 aliphatic carbocycles. The van der Waals surface area contributed by atoms with Gasteiger partial charge in [0.1, 0.15) is 0 Å². The van der Waals surface area contributed by atoms with Gasteiger partial charge in [-0.2, -0.15) is 0 Å². The first-order valence-electron chi connectivity index (χ1n) is 6.21. The fourth-order valence-corrected chi connectivity index (χ4v) is 2.42. The Kier molecular flexibility index (Phi) is 4.63. The number of rotatable bonds is 5. The summed E-state index contributed by atoms with van der Waals surface area (Å²) in [6.45, 7) is 4.76. The first kappa shape index (κ1) is 13.7. The lowest BCUT2D eigenvalue weighted by atomic mass is 10.2. The molecule has 2 aromatic rings. The van der Waals surface area contributed by atoms with Crippen molar-refractivity contribution in [2.45, 2.75) is 24.5 Å². The Labute approximate surface area is 116 Å². The van der Waals surface area contributed by atoms with Crippen molar-refractivity contribution in [3.63, 3.8) is 0 Å². The molecule has 0 aliphatic heterocycles. The smallest absolute Gasteiger partial charge is 0.252 e. The predicted molar refractivity (Wildman–Crippen MR) is 79.8 cm³/mol. The number of aromatic nitrogens is 2. The van der Waals surface area contributed by atoms with Crippen molar-refractivity contribution in [3.8, 4) is 0 Å². The first-order valence-corrected chi connectivity index (χ1v) is 7.19. The van der Waals surface area contributed by atoms with E-state index in [4.69, 9.17) is 0 Å². The molecule has 1 aromatic carbocycles. The van der Waals surface area contributed by atoms with Crippen molar-refractivity contribution in [2.75, 3.05) is 11.9 Å². The Balaban J connectivity index is 2.06. The highest BCUT2D eigenvalue weighted by Crippen LogP contribution is 2.21. The maximum absolute atomic E-state index is 11.5. The van der Waals surface area contributed by atoms with E-state index in [2.05, 4.69) is 46.5 Å². The maximum atomic E-state index is 11.5. The van der Waals surface area contributed by atoms with Crippen LogP contribution >= 0.6 is 11.8 Å². The largest absolute Gasteiger partial charge is 0.356 e. The van der Waals surface area contributed by atoms with E-state index in [1.807, 2.05) is 6.92 Å². The van der Waals surface area contributed by atoms with Gasteiger partial charge < -0.3 is 5.32 Å². The monoisotopic (exact) mass is 275 g/mol. The third kappa shape index (κ3) is 4.13. The van der Waals surface area contributed by atoms with Crippen LogP contribution in [0.4, 0.5) is 5.95 Å². The lowest BCUT2D eigenvalue weighted by molar-refractivity contribution is 1.02. The van der Waals surface area contributed by atoms with Crippen LogP contribution in [0.15, 0.2) is 40.0 Å². The number of aryl methyl sites for hydroxylation is 1. The number of hydrogen-bond acceptors (Lipinski definition) is 4. The molecule has 2 N–H and O–H groups in total. The van der Waals surface area contributed by atoms with Crippen LogP contribution in [-0.4, -0.2) is 16.5 Å². The number of anilines is 1. The fourth-order valence-electron chi connectivity index (χ4n) is 1.62. The van der Waals surface area contributed by atoms with Crippen molar-refractivity contribution >= 4 is 17.7 Å². The van der Waals surface area contributed by atoms with Crippen molar-refractivity contribution < 1.29 is 0 Å². The first-order chi connectivity index (χ1) is 9.17. The van der Waals surface area contributed by atoms with Crippen molar-refractivity contribution in [1.29, 1.82) is 0 Å². The van der Waals surface area contributed by atoms with Gasteiger partial charge in [-0.15, -0.1) is 11.8 Å². The Morgan fingerprint density at radius 2 is 2.05 bits per heavy atom. The lowest BCUT2D eigenvalue weighted by Crippen LogP contribution is -2.13. The molecule has 0 bridgehead atoms. The second-order valence-corrected chi connectivity index (χ2v) is 5.27. The van der Waals surface area contributed by atoms with E-state index < -0.39 is 0 Å². The molecule has 0 saturated carbocycles. The van der Waals surface area contributed by atoms with E-state index in [0.717, 1.165) is 12.2 Å². The quantitative estimate of drug-likeness (QED) is 0.824. The zero-order valence-electron chi connectivity index (χ0n) is 11.1. The highest BCUT2D eigenvalue weighted by Gasteiger charge is 2.02. The molecule has 0 saturated heterocycles. The van der Waals surface area contributed by atoms with Gasteiger partial charge in [0.25, 0.3) is 5.56 Å². The maximum Gasteiger partial charge on any atom is 0.252 e. The Bertz CT molecular complexity index is 592. The molecule has 0 atom stereocenters. The molecule has 0 unspecified atom stereocenters. The summed E-state index contributed by atoms with van der Waals surface area (Å²) in [5, 5.41) is 3.02. The summed E-state index contributed by atoms with van der Waals surface area (Å²) in [6, 6.07) is 9.87. The standard InChI is InChI=1S/C14H17N3OS/c1-3-15-14-16-11(8-13(18)17-14)9-19-12-6-4-10(2)5-7-12/h4-8H,3,9H2,1-2H3,(H2,15,16,17,18). The molecule has 19 heavy (non-hydrogen) atoms. The molecular weight excluding hydrogens is 258 g/mol. The number of nitrogens with one attached hydrogen (secondary N) is 2. The van der Waals surface area contributed by atoms with Gasteiger partial charge >= 0.3 is 0 Å². The molecule has 4 nitrogen and oxygen atoms in total. The molecule has 100 valence electrons. The highest BCUT2D eigenvalue weighted by molar-refractivity contribution is 7.98. The van der Waals surface area contributed by atoms with Crippen molar-refractivity contribution in [2.24, 2.45) is 0 Å². The molecule has 2 rings (SSSR count). The highest BCUT2D eigenvalue weighted by atomic mass is 32.2. The number of aromatic amines is 1. The predicted octanol–water partition coefficient (Wildman–Crippen LogP) is 2.80. The van der Waals surface area contributed by atoms with Gasteiger partial charge in [-0.1, -0.05) is 17.7 Å². The van der Waals surface area contributed by atoms with E-state index >= 15 is 0 Å². The van der Waals surface area contributed by atoms with Gasteiger partial charge in [0.15, 0.2) is 0 Å². The summed E-state index contributed by atoms with van der Waals surface area (Å²) < 4.78 is 0. The van der Waals surface area contributed by atoms with E-state index in [9.17, 15) is 4.79 Å². The minimum absolute atomic E-state index is 0.120.